The largest absolute Gasteiger partial charge is 0.489 e. The van der Waals surface area contributed by atoms with Crippen LogP contribution in [0.15, 0.2) is 35.4 Å². The van der Waals surface area contributed by atoms with Gasteiger partial charge in [0.15, 0.2) is 9.84 Å². The van der Waals surface area contributed by atoms with Gasteiger partial charge in [0.1, 0.15) is 11.6 Å². The zero-order chi connectivity index (χ0) is 24.1. The number of aliphatic hydroxyl groups excluding tert-OH is 1. The molecule has 2 saturated carbocycles. The molecule has 4 rings (SSSR count). The minimum absolute atomic E-state index is 0.0244. The van der Waals surface area contributed by atoms with Crippen LogP contribution in [0.4, 0.5) is 5.82 Å². The number of nitrogens with one attached hydrogen (secondary N) is 1. The van der Waals surface area contributed by atoms with Crippen LogP contribution >= 0.6 is 0 Å². The summed E-state index contributed by atoms with van der Waals surface area (Å²) in [5.41, 5.74) is 1.78. The van der Waals surface area contributed by atoms with E-state index in [4.69, 9.17) is 4.74 Å². The average molecular weight is 487 g/mol. The van der Waals surface area contributed by atoms with Crippen LogP contribution in [0.2, 0.25) is 0 Å². The first kappa shape index (κ1) is 24.7. The molecule has 2 aliphatic carbocycles. The fourth-order valence-corrected chi connectivity index (χ4v) is 6.89. The molecule has 0 saturated heterocycles. The van der Waals surface area contributed by atoms with Crippen molar-refractivity contribution in [3.8, 4) is 16.9 Å². The lowest BCUT2D eigenvalue weighted by Gasteiger charge is -2.26. The van der Waals surface area contributed by atoms with Crippen LogP contribution in [0, 0.1) is 0 Å². The van der Waals surface area contributed by atoms with Crippen molar-refractivity contribution in [1.82, 2.24) is 4.98 Å². The van der Waals surface area contributed by atoms with Crippen molar-refractivity contribution in [2.45, 2.75) is 94.0 Å². The molecule has 0 aliphatic heterocycles. The van der Waals surface area contributed by atoms with Crippen molar-refractivity contribution < 1.29 is 23.1 Å². The van der Waals surface area contributed by atoms with Gasteiger partial charge >= 0.3 is 0 Å². The predicted molar refractivity (Wildman–Crippen MR) is 131 cm³/mol. The van der Waals surface area contributed by atoms with Crippen molar-refractivity contribution in [2.24, 2.45) is 0 Å². The molecule has 0 atom stereocenters. The lowest BCUT2D eigenvalue weighted by Crippen LogP contribution is -2.24. The number of pyridine rings is 1. The van der Waals surface area contributed by atoms with Crippen molar-refractivity contribution in [1.29, 1.82) is 0 Å². The Hall–Kier alpha value is -2.45. The van der Waals surface area contributed by atoms with Gasteiger partial charge in [-0.05, 0) is 56.2 Å². The fourth-order valence-electron chi connectivity index (χ4n) is 5.04. The summed E-state index contributed by atoms with van der Waals surface area (Å²) in [6.45, 7) is 1.16. The van der Waals surface area contributed by atoms with E-state index in [2.05, 4.69) is 10.3 Å². The van der Waals surface area contributed by atoms with E-state index < -0.39 is 9.84 Å². The van der Waals surface area contributed by atoms with E-state index in [-0.39, 0.29) is 23.9 Å². The van der Waals surface area contributed by atoms with Crippen molar-refractivity contribution in [2.75, 3.05) is 5.32 Å². The number of aliphatic hydroxyl groups is 1. The van der Waals surface area contributed by atoms with Crippen LogP contribution in [0.3, 0.4) is 0 Å². The summed E-state index contributed by atoms with van der Waals surface area (Å²) < 4.78 is 32.7. The first-order valence-electron chi connectivity index (χ1n) is 12.3. The highest BCUT2D eigenvalue weighted by molar-refractivity contribution is 7.92. The zero-order valence-corrected chi connectivity index (χ0v) is 20.6. The molecular weight excluding hydrogens is 452 g/mol. The molecule has 2 aromatic rings. The first-order valence-corrected chi connectivity index (χ1v) is 13.9. The number of carbonyl (C=O) groups is 1. The summed E-state index contributed by atoms with van der Waals surface area (Å²) in [6, 6.07) is 6.75. The van der Waals surface area contributed by atoms with Gasteiger partial charge in [-0.1, -0.05) is 37.8 Å². The normalized spacial score (nSPS) is 17.9. The first-order chi connectivity index (χ1) is 16.4. The third-order valence-electron chi connectivity index (χ3n) is 6.87. The quantitative estimate of drug-likeness (QED) is 0.569. The molecule has 1 heterocycles. The Morgan fingerprint density at radius 2 is 1.65 bits per heavy atom. The molecule has 0 unspecified atom stereocenters. The molecule has 0 bridgehead atoms. The van der Waals surface area contributed by atoms with Gasteiger partial charge < -0.3 is 15.2 Å². The Balaban J connectivity index is 1.74. The highest BCUT2D eigenvalue weighted by atomic mass is 32.2. The van der Waals surface area contributed by atoms with E-state index >= 15 is 0 Å². The molecule has 2 aliphatic rings. The lowest BCUT2D eigenvalue weighted by atomic mass is 9.97. The third-order valence-corrected chi connectivity index (χ3v) is 9.15. The van der Waals surface area contributed by atoms with Gasteiger partial charge in [0.25, 0.3) is 0 Å². The second-order valence-corrected chi connectivity index (χ2v) is 11.6. The maximum absolute atomic E-state index is 13.2. The minimum atomic E-state index is -3.39. The van der Waals surface area contributed by atoms with Gasteiger partial charge in [0.2, 0.25) is 5.91 Å². The average Bonchev–Trinajstić information content (AvgIpc) is 2.85. The van der Waals surface area contributed by atoms with E-state index in [1.54, 1.807) is 24.3 Å². The monoisotopic (exact) mass is 486 g/mol. The highest BCUT2D eigenvalue weighted by Gasteiger charge is 2.29. The van der Waals surface area contributed by atoms with Crippen LogP contribution in [0.25, 0.3) is 11.1 Å². The number of sulfone groups is 1. The summed E-state index contributed by atoms with van der Waals surface area (Å²) in [6.07, 6.45) is 11.2. The number of hydrogen-bond donors (Lipinski definition) is 2. The van der Waals surface area contributed by atoms with Crippen LogP contribution in [-0.2, 0) is 21.2 Å². The SMILES string of the molecule is CC(=O)Nc1ncc(CO)c(OC2CCCCC2)c1-c1ccc(S(=O)(=O)C2CCCCC2)cc1. The Bertz CT molecular complexity index is 1100. The minimum Gasteiger partial charge on any atom is -0.489 e. The van der Waals surface area contributed by atoms with E-state index in [0.717, 1.165) is 44.9 Å². The summed E-state index contributed by atoms with van der Waals surface area (Å²) >= 11 is 0. The van der Waals surface area contributed by atoms with Crippen molar-refractivity contribution in [3.63, 3.8) is 0 Å². The van der Waals surface area contributed by atoms with Gasteiger partial charge in [0.05, 0.1) is 28.4 Å². The molecule has 184 valence electrons. The van der Waals surface area contributed by atoms with E-state index in [1.165, 1.54) is 19.5 Å². The standard InChI is InChI=1S/C26H34N2O5S/c1-18(30)28-26-24(25(20(17-29)16-27-26)33-21-8-4-2-5-9-21)19-12-14-23(15-13-19)34(31,32)22-10-6-3-7-11-22/h12-16,21-22,29H,2-11,17H2,1H3,(H,27,28,30). The number of hydrogen-bond acceptors (Lipinski definition) is 6. The van der Waals surface area contributed by atoms with Gasteiger partial charge in [-0.3, -0.25) is 4.79 Å². The number of ether oxygens (including phenoxy) is 1. The van der Waals surface area contributed by atoms with Gasteiger partial charge in [-0.25, -0.2) is 13.4 Å². The topological polar surface area (TPSA) is 106 Å². The third kappa shape index (κ3) is 5.44. The lowest BCUT2D eigenvalue weighted by molar-refractivity contribution is -0.114. The smallest absolute Gasteiger partial charge is 0.222 e. The number of benzene rings is 1. The van der Waals surface area contributed by atoms with Crippen LogP contribution in [0.1, 0.15) is 76.7 Å². The molecule has 1 aromatic heterocycles. The van der Waals surface area contributed by atoms with Gasteiger partial charge in [-0.15, -0.1) is 0 Å². The Labute approximate surface area is 201 Å². The maximum Gasteiger partial charge on any atom is 0.222 e. The maximum atomic E-state index is 13.2. The molecule has 0 spiro atoms. The van der Waals surface area contributed by atoms with Crippen LogP contribution in [-0.4, -0.2) is 35.8 Å². The van der Waals surface area contributed by atoms with Gasteiger partial charge in [0, 0.05) is 18.7 Å². The molecular formula is C26H34N2O5S. The highest BCUT2D eigenvalue weighted by Crippen LogP contribution is 2.41. The molecule has 2 N–H and O–H groups in total. The number of rotatable bonds is 7. The predicted octanol–water partition coefficient (Wildman–Crippen LogP) is 5.02. The second-order valence-electron chi connectivity index (χ2n) is 9.38. The molecule has 0 radical (unpaired) electrons. The molecule has 2 fully saturated rings. The van der Waals surface area contributed by atoms with Crippen LogP contribution in [0.5, 0.6) is 5.75 Å². The number of amides is 1. The van der Waals surface area contributed by atoms with E-state index in [0.29, 0.717) is 46.0 Å². The Morgan fingerprint density at radius 3 is 2.24 bits per heavy atom. The molecule has 1 aromatic carbocycles. The van der Waals surface area contributed by atoms with Crippen molar-refractivity contribution >= 4 is 21.6 Å². The van der Waals surface area contributed by atoms with Gasteiger partial charge in [-0.2, -0.15) is 0 Å². The number of aromatic nitrogens is 1. The Kier molecular flexibility index (Phi) is 7.88. The molecule has 8 heteroatoms. The number of carbonyl (C=O) groups excluding carboxylic acids is 1. The Morgan fingerprint density at radius 1 is 1.03 bits per heavy atom. The van der Waals surface area contributed by atoms with E-state index in [1.807, 2.05) is 0 Å². The molecule has 7 nitrogen and oxygen atoms in total. The summed E-state index contributed by atoms with van der Waals surface area (Å²) in [4.78, 5) is 16.6. The molecule has 1 amide bonds. The second kappa shape index (κ2) is 10.9. The summed E-state index contributed by atoms with van der Waals surface area (Å²) in [5.74, 6) is 0.556. The number of anilines is 1. The summed E-state index contributed by atoms with van der Waals surface area (Å²) in [7, 11) is -3.39. The van der Waals surface area contributed by atoms with E-state index in [9.17, 15) is 18.3 Å². The number of nitrogens with zero attached hydrogens (tertiary/aromatic N) is 1. The summed E-state index contributed by atoms with van der Waals surface area (Å²) in [5, 5.41) is 12.4. The molecule has 34 heavy (non-hydrogen) atoms. The van der Waals surface area contributed by atoms with Crippen molar-refractivity contribution in [3.05, 3.63) is 36.0 Å². The van der Waals surface area contributed by atoms with Crippen LogP contribution < -0.4 is 10.1 Å². The fraction of sp³-hybridized carbons (Fsp3) is 0.538. The zero-order valence-electron chi connectivity index (χ0n) is 19.8.